The lowest BCUT2D eigenvalue weighted by atomic mass is 10.1. The molecular weight excluding hydrogens is 198 g/mol. The van der Waals surface area contributed by atoms with Gasteiger partial charge >= 0.3 is 0 Å². The fraction of sp³-hybridized carbons (Fsp3) is 0.857. The Balaban J connectivity index is 3.42. The molecule has 2 nitrogen and oxygen atoms in total. The van der Waals surface area contributed by atoms with Crippen molar-refractivity contribution in [3.8, 4) is 0 Å². The van der Waals surface area contributed by atoms with Crippen molar-refractivity contribution in [2.45, 2.75) is 71.3 Å². The topological polar surface area (TPSA) is 32.3 Å². The number of hydrogen-bond acceptors (Lipinski definition) is 2. The minimum absolute atomic E-state index is 0.363. The van der Waals surface area contributed by atoms with Gasteiger partial charge in [0.2, 0.25) is 0 Å². The summed E-state index contributed by atoms with van der Waals surface area (Å²) < 4.78 is 0. The molecule has 1 atom stereocenters. The van der Waals surface area contributed by atoms with Gasteiger partial charge in [-0.1, -0.05) is 59.0 Å². The van der Waals surface area contributed by atoms with Crippen LogP contribution in [0.25, 0.3) is 0 Å². The average Bonchev–Trinajstić information content (AvgIpc) is 2.29. The first-order valence-corrected chi connectivity index (χ1v) is 6.83. The van der Waals surface area contributed by atoms with Crippen molar-refractivity contribution in [3.05, 3.63) is 12.3 Å². The Morgan fingerprint density at radius 2 is 1.69 bits per heavy atom. The molecule has 96 valence electrons. The summed E-state index contributed by atoms with van der Waals surface area (Å²) in [6.07, 6.45) is 8.95. The summed E-state index contributed by atoms with van der Waals surface area (Å²) >= 11 is 0. The summed E-state index contributed by atoms with van der Waals surface area (Å²) in [6, 6.07) is 0. The zero-order valence-electron chi connectivity index (χ0n) is 11.1. The van der Waals surface area contributed by atoms with Gasteiger partial charge in [0.15, 0.2) is 0 Å². The second-order valence-corrected chi connectivity index (χ2v) is 4.52. The van der Waals surface area contributed by atoms with Gasteiger partial charge in [-0.2, -0.15) is 0 Å². The Morgan fingerprint density at radius 3 is 2.31 bits per heavy atom. The molecule has 0 saturated carbocycles. The van der Waals surface area contributed by atoms with Crippen LogP contribution in [0.2, 0.25) is 0 Å². The predicted octanol–water partition coefficient (Wildman–Crippen LogP) is 3.61. The standard InChI is InChI=1S/C14H29NO/c1-4-6-8-9-11-14(16)13(3)15-12-10-7-5-2/h14-16H,3-12H2,1-2H3. The van der Waals surface area contributed by atoms with Gasteiger partial charge in [-0.15, -0.1) is 0 Å². The van der Waals surface area contributed by atoms with Crippen LogP contribution in [0.15, 0.2) is 12.3 Å². The summed E-state index contributed by atoms with van der Waals surface area (Å²) in [5, 5.41) is 13.0. The lowest BCUT2D eigenvalue weighted by Crippen LogP contribution is -2.24. The van der Waals surface area contributed by atoms with Crippen LogP contribution in [0, 0.1) is 0 Å². The molecule has 0 aliphatic rings. The molecule has 0 aliphatic heterocycles. The molecule has 0 heterocycles. The fourth-order valence-corrected chi connectivity index (χ4v) is 1.68. The number of nitrogens with one attached hydrogen (secondary N) is 1. The van der Waals surface area contributed by atoms with Crippen LogP contribution >= 0.6 is 0 Å². The number of aliphatic hydroxyl groups is 1. The van der Waals surface area contributed by atoms with Gasteiger partial charge in [-0.05, 0) is 12.8 Å². The van der Waals surface area contributed by atoms with Crippen molar-refractivity contribution in [3.63, 3.8) is 0 Å². The van der Waals surface area contributed by atoms with Crippen molar-refractivity contribution in [1.29, 1.82) is 0 Å². The van der Waals surface area contributed by atoms with Crippen LogP contribution < -0.4 is 5.32 Å². The van der Waals surface area contributed by atoms with E-state index in [-0.39, 0.29) is 6.10 Å². The van der Waals surface area contributed by atoms with E-state index in [9.17, 15) is 5.11 Å². The van der Waals surface area contributed by atoms with Gasteiger partial charge in [0.1, 0.15) is 0 Å². The van der Waals surface area contributed by atoms with E-state index in [1.165, 1.54) is 32.1 Å². The smallest absolute Gasteiger partial charge is 0.0928 e. The molecule has 16 heavy (non-hydrogen) atoms. The number of aliphatic hydroxyl groups excluding tert-OH is 1. The lowest BCUT2D eigenvalue weighted by molar-refractivity contribution is 0.188. The zero-order chi connectivity index (χ0) is 12.2. The normalized spacial score (nSPS) is 12.4. The van der Waals surface area contributed by atoms with Gasteiger partial charge in [0.05, 0.1) is 6.10 Å². The molecule has 0 saturated heterocycles. The van der Waals surface area contributed by atoms with Gasteiger partial charge < -0.3 is 10.4 Å². The highest BCUT2D eigenvalue weighted by Gasteiger charge is 2.07. The first-order valence-electron chi connectivity index (χ1n) is 6.83. The SMILES string of the molecule is C=C(NCCCCC)C(O)CCCCCC. The lowest BCUT2D eigenvalue weighted by Gasteiger charge is -2.15. The van der Waals surface area contributed by atoms with Crippen molar-refractivity contribution in [2.24, 2.45) is 0 Å². The molecule has 2 heteroatoms. The van der Waals surface area contributed by atoms with Crippen LogP contribution in [-0.2, 0) is 0 Å². The molecule has 0 amide bonds. The van der Waals surface area contributed by atoms with Crippen molar-refractivity contribution >= 4 is 0 Å². The Labute approximate surface area is 101 Å². The molecule has 0 bridgehead atoms. The Kier molecular flexibility index (Phi) is 10.7. The third-order valence-corrected chi connectivity index (χ3v) is 2.87. The minimum Gasteiger partial charge on any atom is -0.387 e. The molecule has 0 radical (unpaired) electrons. The average molecular weight is 227 g/mol. The Morgan fingerprint density at radius 1 is 1.06 bits per heavy atom. The second kappa shape index (κ2) is 11.0. The summed E-state index contributed by atoms with van der Waals surface area (Å²) in [5.74, 6) is 0. The van der Waals surface area contributed by atoms with Crippen molar-refractivity contribution in [2.75, 3.05) is 6.54 Å². The maximum atomic E-state index is 9.81. The third kappa shape index (κ3) is 8.78. The maximum absolute atomic E-state index is 9.81. The molecule has 0 spiro atoms. The van der Waals surface area contributed by atoms with Crippen LogP contribution in [0.5, 0.6) is 0 Å². The molecular formula is C14H29NO. The molecule has 0 fully saturated rings. The molecule has 0 rings (SSSR count). The molecule has 2 N–H and O–H groups in total. The summed E-state index contributed by atoms with van der Waals surface area (Å²) in [4.78, 5) is 0. The monoisotopic (exact) mass is 227 g/mol. The highest BCUT2D eigenvalue weighted by molar-refractivity contribution is 4.98. The van der Waals surface area contributed by atoms with E-state index in [2.05, 4.69) is 25.7 Å². The molecule has 0 aromatic heterocycles. The van der Waals surface area contributed by atoms with Crippen LogP contribution in [0.4, 0.5) is 0 Å². The second-order valence-electron chi connectivity index (χ2n) is 4.52. The van der Waals surface area contributed by atoms with Gasteiger partial charge in [-0.25, -0.2) is 0 Å². The fourth-order valence-electron chi connectivity index (χ4n) is 1.68. The zero-order valence-corrected chi connectivity index (χ0v) is 11.1. The Bertz CT molecular complexity index is 168. The largest absolute Gasteiger partial charge is 0.387 e. The quantitative estimate of drug-likeness (QED) is 0.528. The first kappa shape index (κ1) is 15.5. The number of unbranched alkanes of at least 4 members (excludes halogenated alkanes) is 5. The van der Waals surface area contributed by atoms with Gasteiger partial charge in [0.25, 0.3) is 0 Å². The molecule has 0 aromatic carbocycles. The summed E-state index contributed by atoms with van der Waals surface area (Å²) in [5.41, 5.74) is 0.799. The van der Waals surface area contributed by atoms with Crippen LogP contribution in [-0.4, -0.2) is 17.8 Å². The van der Waals surface area contributed by atoms with Gasteiger partial charge in [-0.3, -0.25) is 0 Å². The van der Waals surface area contributed by atoms with Crippen LogP contribution in [0.3, 0.4) is 0 Å². The van der Waals surface area contributed by atoms with E-state index in [1.54, 1.807) is 0 Å². The van der Waals surface area contributed by atoms with Crippen LogP contribution in [0.1, 0.15) is 65.2 Å². The highest BCUT2D eigenvalue weighted by Crippen LogP contribution is 2.09. The Hall–Kier alpha value is -0.500. The minimum atomic E-state index is -0.363. The first-order chi connectivity index (χ1) is 7.72. The van der Waals surface area contributed by atoms with E-state index in [4.69, 9.17) is 0 Å². The summed E-state index contributed by atoms with van der Waals surface area (Å²) in [7, 11) is 0. The van der Waals surface area contributed by atoms with Crippen molar-refractivity contribution in [1.82, 2.24) is 5.32 Å². The summed E-state index contributed by atoms with van der Waals surface area (Å²) in [6.45, 7) is 9.22. The molecule has 1 unspecified atom stereocenters. The third-order valence-electron chi connectivity index (χ3n) is 2.87. The number of hydrogen-bond donors (Lipinski definition) is 2. The highest BCUT2D eigenvalue weighted by atomic mass is 16.3. The van der Waals surface area contributed by atoms with E-state index in [0.717, 1.165) is 31.5 Å². The number of rotatable bonds is 11. The van der Waals surface area contributed by atoms with Crippen molar-refractivity contribution < 1.29 is 5.11 Å². The predicted molar refractivity (Wildman–Crippen MR) is 71.4 cm³/mol. The molecule has 0 aliphatic carbocycles. The van der Waals surface area contributed by atoms with E-state index in [0.29, 0.717) is 0 Å². The molecule has 0 aromatic rings. The van der Waals surface area contributed by atoms with E-state index < -0.39 is 0 Å². The van der Waals surface area contributed by atoms with E-state index in [1.807, 2.05) is 0 Å². The maximum Gasteiger partial charge on any atom is 0.0928 e. The van der Waals surface area contributed by atoms with E-state index >= 15 is 0 Å². The van der Waals surface area contributed by atoms with Gasteiger partial charge in [0, 0.05) is 12.2 Å².